The third-order valence-electron chi connectivity index (χ3n) is 5.33. The van der Waals surface area contributed by atoms with Crippen molar-refractivity contribution in [1.82, 2.24) is 4.90 Å². The van der Waals surface area contributed by atoms with Crippen molar-refractivity contribution in [2.75, 3.05) is 13.1 Å². The van der Waals surface area contributed by atoms with Crippen LogP contribution >= 0.6 is 0 Å². The van der Waals surface area contributed by atoms with Crippen LogP contribution in [0.15, 0.2) is 0 Å². The molecule has 2 rings (SSSR count). The van der Waals surface area contributed by atoms with Gasteiger partial charge in [-0.15, -0.1) is 0 Å². The van der Waals surface area contributed by atoms with Gasteiger partial charge in [0.25, 0.3) is 0 Å². The third kappa shape index (κ3) is 3.48. The smallest absolute Gasteiger partial charge is 0.0110 e. The largest absolute Gasteiger partial charge is 0.330 e. The summed E-state index contributed by atoms with van der Waals surface area (Å²) in [6.45, 7) is 6.98. The molecule has 1 aliphatic carbocycles. The van der Waals surface area contributed by atoms with E-state index in [1.54, 1.807) is 0 Å². The summed E-state index contributed by atoms with van der Waals surface area (Å²) in [4.78, 5) is 2.83. The van der Waals surface area contributed by atoms with E-state index in [4.69, 9.17) is 5.73 Å². The van der Waals surface area contributed by atoms with E-state index >= 15 is 0 Å². The molecule has 0 aromatic carbocycles. The van der Waals surface area contributed by atoms with Crippen molar-refractivity contribution in [2.24, 2.45) is 17.6 Å². The topological polar surface area (TPSA) is 29.3 Å². The molecule has 1 saturated heterocycles. The van der Waals surface area contributed by atoms with Crippen molar-refractivity contribution < 1.29 is 0 Å². The van der Waals surface area contributed by atoms with Crippen molar-refractivity contribution in [3.8, 4) is 0 Å². The zero-order valence-electron chi connectivity index (χ0n) is 12.4. The predicted octanol–water partition coefficient (Wildman–Crippen LogP) is 3.40. The van der Waals surface area contributed by atoms with Gasteiger partial charge in [0.2, 0.25) is 0 Å². The summed E-state index contributed by atoms with van der Waals surface area (Å²) >= 11 is 0. The number of hydrogen-bond donors (Lipinski definition) is 1. The SMILES string of the molecule is CC(C)C1CCC(N2CCCCC2CCN)CC1. The van der Waals surface area contributed by atoms with Gasteiger partial charge in [-0.2, -0.15) is 0 Å². The Balaban J connectivity index is 1.86. The molecule has 0 amide bonds. The number of hydrogen-bond acceptors (Lipinski definition) is 2. The van der Waals surface area contributed by atoms with Gasteiger partial charge < -0.3 is 5.73 Å². The van der Waals surface area contributed by atoms with Crippen LogP contribution in [0.3, 0.4) is 0 Å². The fourth-order valence-corrected chi connectivity index (χ4v) is 4.11. The van der Waals surface area contributed by atoms with Gasteiger partial charge in [0.1, 0.15) is 0 Å². The van der Waals surface area contributed by atoms with Crippen molar-refractivity contribution >= 4 is 0 Å². The molecule has 1 unspecified atom stereocenters. The van der Waals surface area contributed by atoms with Crippen molar-refractivity contribution in [3.05, 3.63) is 0 Å². The Labute approximate surface area is 113 Å². The van der Waals surface area contributed by atoms with E-state index < -0.39 is 0 Å². The van der Waals surface area contributed by atoms with Crippen LogP contribution in [0.2, 0.25) is 0 Å². The van der Waals surface area contributed by atoms with Gasteiger partial charge in [0.15, 0.2) is 0 Å². The summed E-state index contributed by atoms with van der Waals surface area (Å²) in [5.74, 6) is 1.87. The molecule has 0 bridgehead atoms. The first-order valence-corrected chi connectivity index (χ1v) is 8.18. The minimum atomic E-state index is 0.796. The standard InChI is InChI=1S/C16H32N2/c1-13(2)14-6-8-16(9-7-14)18-12-4-3-5-15(18)10-11-17/h13-16H,3-12,17H2,1-2H3. The summed E-state index contributed by atoms with van der Waals surface area (Å²) in [5, 5.41) is 0. The molecule has 106 valence electrons. The zero-order valence-corrected chi connectivity index (χ0v) is 12.4. The molecular formula is C16H32N2. The lowest BCUT2D eigenvalue weighted by Gasteiger charge is -2.44. The maximum Gasteiger partial charge on any atom is 0.0110 e. The highest BCUT2D eigenvalue weighted by molar-refractivity contribution is 4.87. The van der Waals surface area contributed by atoms with Crippen LogP contribution in [0, 0.1) is 11.8 Å². The summed E-state index contributed by atoms with van der Waals surface area (Å²) in [7, 11) is 0. The van der Waals surface area contributed by atoms with Crippen LogP contribution < -0.4 is 5.73 Å². The Morgan fingerprint density at radius 2 is 1.78 bits per heavy atom. The molecule has 1 atom stereocenters. The average Bonchev–Trinajstić information content (AvgIpc) is 2.40. The molecule has 0 spiro atoms. The molecule has 2 heteroatoms. The molecule has 0 radical (unpaired) electrons. The van der Waals surface area contributed by atoms with E-state index in [0.29, 0.717) is 0 Å². The molecule has 0 aromatic rings. The Morgan fingerprint density at radius 3 is 2.39 bits per heavy atom. The second-order valence-electron chi connectivity index (χ2n) is 6.78. The Morgan fingerprint density at radius 1 is 1.06 bits per heavy atom. The van der Waals surface area contributed by atoms with E-state index in [-0.39, 0.29) is 0 Å². The van der Waals surface area contributed by atoms with Crippen LogP contribution in [0.1, 0.15) is 65.2 Å². The number of piperidine rings is 1. The minimum absolute atomic E-state index is 0.796. The van der Waals surface area contributed by atoms with Gasteiger partial charge >= 0.3 is 0 Å². The van der Waals surface area contributed by atoms with Crippen LogP contribution in [0.5, 0.6) is 0 Å². The molecule has 1 aliphatic heterocycles. The van der Waals surface area contributed by atoms with Gasteiger partial charge in [-0.3, -0.25) is 4.90 Å². The summed E-state index contributed by atoms with van der Waals surface area (Å²) in [6, 6.07) is 1.67. The molecule has 2 nitrogen and oxygen atoms in total. The van der Waals surface area contributed by atoms with Crippen molar-refractivity contribution in [1.29, 1.82) is 0 Å². The Bertz CT molecular complexity index is 229. The number of nitrogens with two attached hydrogens (primary N) is 1. The molecule has 2 N–H and O–H groups in total. The van der Waals surface area contributed by atoms with Gasteiger partial charge in [0.05, 0.1) is 0 Å². The summed E-state index contributed by atoms with van der Waals surface area (Å²) in [5.41, 5.74) is 5.79. The molecular weight excluding hydrogens is 220 g/mol. The van der Waals surface area contributed by atoms with Crippen LogP contribution in [-0.4, -0.2) is 30.1 Å². The number of nitrogens with zero attached hydrogens (tertiary/aromatic N) is 1. The second-order valence-corrected chi connectivity index (χ2v) is 6.78. The van der Waals surface area contributed by atoms with Gasteiger partial charge in [-0.25, -0.2) is 0 Å². The van der Waals surface area contributed by atoms with Crippen LogP contribution in [0.25, 0.3) is 0 Å². The third-order valence-corrected chi connectivity index (χ3v) is 5.33. The summed E-state index contributed by atoms with van der Waals surface area (Å²) in [6.07, 6.45) is 11.2. The number of rotatable bonds is 4. The molecule has 18 heavy (non-hydrogen) atoms. The highest BCUT2D eigenvalue weighted by atomic mass is 15.2. The van der Waals surface area contributed by atoms with Crippen LogP contribution in [-0.2, 0) is 0 Å². The first-order valence-electron chi connectivity index (χ1n) is 8.18. The van der Waals surface area contributed by atoms with E-state index in [1.165, 1.54) is 57.9 Å². The Kier molecular flexibility index (Phi) is 5.50. The van der Waals surface area contributed by atoms with Gasteiger partial charge in [-0.1, -0.05) is 20.3 Å². The van der Waals surface area contributed by atoms with Crippen molar-refractivity contribution in [2.45, 2.75) is 77.3 Å². The molecule has 1 saturated carbocycles. The Hall–Kier alpha value is -0.0800. The first kappa shape index (κ1) is 14.3. The maximum absolute atomic E-state index is 5.79. The minimum Gasteiger partial charge on any atom is -0.330 e. The molecule has 1 heterocycles. The normalized spacial score (nSPS) is 35.0. The summed E-state index contributed by atoms with van der Waals surface area (Å²) < 4.78 is 0. The van der Waals surface area contributed by atoms with E-state index in [2.05, 4.69) is 18.7 Å². The lowest BCUT2D eigenvalue weighted by atomic mass is 9.78. The predicted molar refractivity (Wildman–Crippen MR) is 78.6 cm³/mol. The number of likely N-dealkylation sites (tertiary alicyclic amines) is 1. The maximum atomic E-state index is 5.79. The highest BCUT2D eigenvalue weighted by Crippen LogP contribution is 2.35. The lowest BCUT2D eigenvalue weighted by molar-refractivity contribution is 0.0542. The monoisotopic (exact) mass is 252 g/mol. The highest BCUT2D eigenvalue weighted by Gasteiger charge is 2.31. The fraction of sp³-hybridized carbons (Fsp3) is 1.00. The second kappa shape index (κ2) is 6.91. The van der Waals surface area contributed by atoms with Crippen molar-refractivity contribution in [3.63, 3.8) is 0 Å². The zero-order chi connectivity index (χ0) is 13.0. The van der Waals surface area contributed by atoms with E-state index in [9.17, 15) is 0 Å². The van der Waals surface area contributed by atoms with Gasteiger partial charge in [-0.05, 0) is 69.9 Å². The van der Waals surface area contributed by atoms with E-state index in [1.807, 2.05) is 0 Å². The molecule has 2 fully saturated rings. The first-order chi connectivity index (χ1) is 8.72. The van der Waals surface area contributed by atoms with E-state index in [0.717, 1.165) is 30.5 Å². The molecule has 0 aromatic heterocycles. The average molecular weight is 252 g/mol. The molecule has 2 aliphatic rings. The van der Waals surface area contributed by atoms with Crippen LogP contribution in [0.4, 0.5) is 0 Å². The fourth-order valence-electron chi connectivity index (χ4n) is 4.11. The van der Waals surface area contributed by atoms with Gasteiger partial charge in [0, 0.05) is 12.1 Å². The quantitative estimate of drug-likeness (QED) is 0.831. The lowest BCUT2D eigenvalue weighted by Crippen LogP contribution is -2.48.